The number of nitrogens with zero attached hydrogens (tertiary/aromatic N) is 2. The van der Waals surface area contributed by atoms with Crippen LogP contribution in [0.15, 0.2) is 71.9 Å². The molecule has 0 saturated carbocycles. The number of hydrogen-bond donors (Lipinski definition) is 0. The second-order valence-electron chi connectivity index (χ2n) is 5.51. The summed E-state index contributed by atoms with van der Waals surface area (Å²) >= 11 is 7.71. The number of thioether (sulfide) groups is 1. The van der Waals surface area contributed by atoms with Gasteiger partial charge in [0.2, 0.25) is 0 Å². The van der Waals surface area contributed by atoms with Crippen molar-refractivity contribution in [1.29, 1.82) is 0 Å². The van der Waals surface area contributed by atoms with E-state index in [2.05, 4.69) is 11.6 Å². The number of anilines is 1. The number of amidine groups is 1. The minimum atomic E-state index is -0.157. The van der Waals surface area contributed by atoms with E-state index in [-0.39, 0.29) is 5.91 Å². The summed E-state index contributed by atoms with van der Waals surface area (Å²) in [7, 11) is 0. The summed E-state index contributed by atoms with van der Waals surface area (Å²) in [5.74, 6) is 0.510. The number of carbonyl (C=O) groups excluding carboxylic acids is 1. The minimum Gasteiger partial charge on any atom is -0.266 e. The molecular weight excluding hydrogens is 352 g/mol. The van der Waals surface area contributed by atoms with E-state index in [1.807, 2.05) is 49.4 Å². The lowest BCUT2D eigenvalue weighted by Crippen LogP contribution is -2.30. The van der Waals surface area contributed by atoms with Crippen LogP contribution in [-0.4, -0.2) is 16.8 Å². The largest absolute Gasteiger partial charge is 0.283 e. The summed E-state index contributed by atoms with van der Waals surface area (Å²) in [5.41, 5.74) is 3.03. The highest BCUT2D eigenvalue weighted by atomic mass is 35.5. The van der Waals surface area contributed by atoms with Crippen molar-refractivity contribution >= 4 is 46.2 Å². The Balaban J connectivity index is 2.00. The Labute approximate surface area is 156 Å². The van der Waals surface area contributed by atoms with Crippen LogP contribution < -0.4 is 4.90 Å². The van der Waals surface area contributed by atoms with E-state index in [1.54, 1.807) is 23.1 Å². The molecule has 25 heavy (non-hydrogen) atoms. The molecule has 0 N–H and O–H groups in total. The Morgan fingerprint density at radius 1 is 1.24 bits per heavy atom. The van der Waals surface area contributed by atoms with Gasteiger partial charge in [-0.2, -0.15) is 0 Å². The number of rotatable bonds is 4. The van der Waals surface area contributed by atoms with Gasteiger partial charge >= 0.3 is 0 Å². The summed E-state index contributed by atoms with van der Waals surface area (Å²) in [5, 5.41) is 1.26. The van der Waals surface area contributed by atoms with Crippen LogP contribution in [0, 0.1) is 6.92 Å². The number of amides is 1. The van der Waals surface area contributed by atoms with Gasteiger partial charge in [-0.05, 0) is 36.3 Å². The number of aryl methyl sites for hydroxylation is 1. The summed E-state index contributed by atoms with van der Waals surface area (Å²) in [6.07, 6.45) is 3.59. The lowest BCUT2D eigenvalue weighted by Gasteiger charge is -2.18. The van der Waals surface area contributed by atoms with E-state index in [9.17, 15) is 4.79 Å². The predicted molar refractivity (Wildman–Crippen MR) is 108 cm³/mol. The molecule has 0 aromatic heterocycles. The van der Waals surface area contributed by atoms with Crippen LogP contribution in [0.4, 0.5) is 5.69 Å². The van der Waals surface area contributed by atoms with Crippen LogP contribution in [0.2, 0.25) is 5.02 Å². The lowest BCUT2D eigenvalue weighted by molar-refractivity contribution is -0.113. The van der Waals surface area contributed by atoms with E-state index in [0.717, 1.165) is 11.1 Å². The molecule has 5 heteroatoms. The van der Waals surface area contributed by atoms with Crippen LogP contribution in [-0.2, 0) is 4.79 Å². The summed E-state index contributed by atoms with van der Waals surface area (Å²) in [6, 6.07) is 15.3. The zero-order chi connectivity index (χ0) is 17.8. The molecule has 0 saturated heterocycles. The quantitative estimate of drug-likeness (QED) is 0.541. The SMILES string of the molecule is C=CCSC1=NC(=Cc2ccccc2)C(=O)N1c1ccc(C)c(Cl)c1. The molecule has 1 amide bonds. The Hall–Kier alpha value is -2.30. The fourth-order valence-electron chi connectivity index (χ4n) is 2.38. The van der Waals surface area contributed by atoms with Gasteiger partial charge in [0.1, 0.15) is 5.70 Å². The Kier molecular flexibility index (Phi) is 5.41. The third-order valence-corrected chi connectivity index (χ3v) is 5.02. The molecule has 2 aromatic carbocycles. The smallest absolute Gasteiger partial charge is 0.266 e. The molecule has 1 aliphatic heterocycles. The minimum absolute atomic E-state index is 0.157. The van der Waals surface area contributed by atoms with Gasteiger partial charge < -0.3 is 0 Å². The monoisotopic (exact) mass is 368 g/mol. The fraction of sp³-hybridized carbons (Fsp3) is 0.100. The van der Waals surface area contributed by atoms with Crippen LogP contribution in [0.25, 0.3) is 6.08 Å². The third kappa shape index (κ3) is 3.86. The second-order valence-corrected chi connectivity index (χ2v) is 6.90. The van der Waals surface area contributed by atoms with Crippen molar-refractivity contribution < 1.29 is 4.79 Å². The van der Waals surface area contributed by atoms with Gasteiger partial charge in [-0.15, -0.1) is 6.58 Å². The molecule has 0 aliphatic carbocycles. The van der Waals surface area contributed by atoms with E-state index in [0.29, 0.717) is 27.3 Å². The number of benzene rings is 2. The van der Waals surface area contributed by atoms with E-state index in [1.165, 1.54) is 11.8 Å². The molecule has 0 atom stereocenters. The average Bonchev–Trinajstić information content (AvgIpc) is 2.92. The summed E-state index contributed by atoms with van der Waals surface area (Å²) in [4.78, 5) is 19.1. The average molecular weight is 369 g/mol. The van der Waals surface area contributed by atoms with Crippen LogP contribution in [0.3, 0.4) is 0 Å². The highest BCUT2D eigenvalue weighted by molar-refractivity contribution is 8.14. The van der Waals surface area contributed by atoms with Gasteiger partial charge in [0, 0.05) is 10.8 Å². The first kappa shape index (κ1) is 17.5. The van der Waals surface area contributed by atoms with E-state index < -0.39 is 0 Å². The van der Waals surface area contributed by atoms with Crippen molar-refractivity contribution in [1.82, 2.24) is 0 Å². The number of hydrogen-bond acceptors (Lipinski definition) is 3. The van der Waals surface area contributed by atoms with Gasteiger partial charge in [-0.3, -0.25) is 9.69 Å². The standard InChI is InChI=1S/C20H17ClN2OS/c1-3-11-25-20-22-18(12-15-7-5-4-6-8-15)19(24)23(20)16-10-9-14(2)17(21)13-16/h3-10,12-13H,1,11H2,2H3. The van der Waals surface area contributed by atoms with E-state index in [4.69, 9.17) is 11.6 Å². The normalized spacial score (nSPS) is 15.6. The van der Waals surface area contributed by atoms with Gasteiger partial charge in [0.15, 0.2) is 5.17 Å². The molecule has 0 spiro atoms. The summed E-state index contributed by atoms with van der Waals surface area (Å²) in [6.45, 7) is 5.67. The topological polar surface area (TPSA) is 32.7 Å². The fourth-order valence-corrected chi connectivity index (χ4v) is 3.30. The number of aliphatic imine (C=N–C) groups is 1. The summed E-state index contributed by atoms with van der Waals surface area (Å²) < 4.78 is 0. The van der Waals surface area contributed by atoms with Gasteiger partial charge in [0.25, 0.3) is 5.91 Å². The third-order valence-electron chi connectivity index (χ3n) is 3.68. The zero-order valence-electron chi connectivity index (χ0n) is 13.8. The molecule has 126 valence electrons. The van der Waals surface area contributed by atoms with Crippen LogP contribution in [0.5, 0.6) is 0 Å². The molecule has 0 radical (unpaired) electrons. The lowest BCUT2D eigenvalue weighted by atomic mass is 10.2. The molecule has 1 heterocycles. The van der Waals surface area contributed by atoms with Gasteiger partial charge in [-0.25, -0.2) is 4.99 Å². The zero-order valence-corrected chi connectivity index (χ0v) is 15.3. The van der Waals surface area contributed by atoms with Crippen molar-refractivity contribution in [2.24, 2.45) is 4.99 Å². The highest BCUT2D eigenvalue weighted by Gasteiger charge is 2.31. The van der Waals surface area contributed by atoms with Crippen LogP contribution in [0.1, 0.15) is 11.1 Å². The number of carbonyl (C=O) groups is 1. The van der Waals surface area contributed by atoms with Crippen molar-refractivity contribution in [3.63, 3.8) is 0 Å². The molecule has 1 aliphatic rings. The van der Waals surface area contributed by atoms with Crippen molar-refractivity contribution in [3.8, 4) is 0 Å². The first-order valence-corrected chi connectivity index (χ1v) is 9.16. The van der Waals surface area contributed by atoms with Crippen molar-refractivity contribution in [2.75, 3.05) is 10.7 Å². The number of halogens is 1. The molecule has 0 fully saturated rings. The highest BCUT2D eigenvalue weighted by Crippen LogP contribution is 2.31. The maximum atomic E-state index is 12.9. The maximum Gasteiger partial charge on any atom is 0.283 e. The van der Waals surface area contributed by atoms with Gasteiger partial charge in [-0.1, -0.05) is 65.8 Å². The molecular formula is C20H17ClN2OS. The first-order valence-electron chi connectivity index (χ1n) is 7.80. The Morgan fingerprint density at radius 3 is 2.68 bits per heavy atom. The molecule has 2 aromatic rings. The Morgan fingerprint density at radius 2 is 2.00 bits per heavy atom. The second kappa shape index (κ2) is 7.72. The molecule has 0 unspecified atom stereocenters. The van der Waals surface area contributed by atoms with Crippen LogP contribution >= 0.6 is 23.4 Å². The van der Waals surface area contributed by atoms with Crippen molar-refractivity contribution in [2.45, 2.75) is 6.92 Å². The molecule has 0 bridgehead atoms. The van der Waals surface area contributed by atoms with E-state index >= 15 is 0 Å². The molecule has 3 nitrogen and oxygen atoms in total. The van der Waals surface area contributed by atoms with Gasteiger partial charge in [0.05, 0.1) is 5.69 Å². The van der Waals surface area contributed by atoms with Crippen molar-refractivity contribution in [3.05, 3.63) is 83.0 Å². The molecule has 3 rings (SSSR count). The Bertz CT molecular complexity index is 875. The maximum absolute atomic E-state index is 12.9. The first-order chi connectivity index (χ1) is 12.1. The predicted octanol–water partition coefficient (Wildman–Crippen LogP) is 5.31.